The molecule has 13 nitrogen and oxygen atoms in total. The molecule has 2 aliphatic rings. The second-order valence-electron chi connectivity index (χ2n) is 16.2. The van der Waals surface area contributed by atoms with Gasteiger partial charge in [0.2, 0.25) is 23.6 Å². The van der Waals surface area contributed by atoms with Gasteiger partial charge < -0.3 is 36.4 Å². The summed E-state index contributed by atoms with van der Waals surface area (Å²) in [6.07, 6.45) is 0.379. The van der Waals surface area contributed by atoms with Crippen LogP contribution in [-0.2, 0) is 48.0 Å². The van der Waals surface area contributed by atoms with Crippen LogP contribution >= 0.6 is 0 Å². The van der Waals surface area contributed by atoms with Crippen LogP contribution in [-0.4, -0.2) is 77.9 Å². The predicted molar refractivity (Wildman–Crippen MR) is 255 cm³/mol. The number of carbonyl (C=O) groups excluding carboxylic acids is 5. The van der Waals surface area contributed by atoms with E-state index in [0.29, 0.717) is 28.9 Å². The monoisotopic (exact) mass is 897 g/mol. The molecule has 2 bridgehead atoms. The van der Waals surface area contributed by atoms with Gasteiger partial charge in [-0.3, -0.25) is 28.8 Å². The number of hydrogen-bond donors (Lipinski definition) is 6. The quantitative estimate of drug-likeness (QED) is 0.0845. The van der Waals surface area contributed by atoms with Crippen molar-refractivity contribution in [3.63, 3.8) is 0 Å². The molecule has 0 aromatic heterocycles. The number of benzene rings is 6. The van der Waals surface area contributed by atoms with Crippen molar-refractivity contribution in [3.05, 3.63) is 193 Å². The van der Waals surface area contributed by atoms with E-state index in [2.05, 4.69) is 33.2 Å². The summed E-state index contributed by atoms with van der Waals surface area (Å²) in [6.45, 7) is 3.08. The Bertz CT molecular complexity index is 2680. The number of aliphatic carboxylic acids is 1. The van der Waals surface area contributed by atoms with Crippen LogP contribution in [0.15, 0.2) is 170 Å². The van der Waals surface area contributed by atoms with Crippen LogP contribution in [0.2, 0.25) is 0 Å². The Kier molecular flexibility index (Phi) is 15.7. The fourth-order valence-corrected chi connectivity index (χ4v) is 7.72. The van der Waals surface area contributed by atoms with E-state index < -0.39 is 72.8 Å². The van der Waals surface area contributed by atoms with Gasteiger partial charge in [0.05, 0.1) is 0 Å². The molecule has 340 valence electrons. The van der Waals surface area contributed by atoms with E-state index in [1.54, 1.807) is 36.4 Å². The number of rotatable bonds is 12. The summed E-state index contributed by atoms with van der Waals surface area (Å²) in [5.74, 6) is -4.52. The van der Waals surface area contributed by atoms with E-state index in [-0.39, 0.29) is 24.8 Å². The van der Waals surface area contributed by atoms with Crippen molar-refractivity contribution < 1.29 is 38.6 Å². The standard InChI is InChI=1S/C54H51N5O8/c1-35(39-24-26-43(27-25-39)41-15-9-4-10-16-41)50-54(66)58-47(32-37-17-22-42(23-18-37)40-13-7-3-8-14-40)53(65)56-45(30-21-36-11-5-2-6-12-36)52(64)57-46(51(63)55-33-49(61)62)31-38-19-28-44(29-20-38)67-34-48(60)59-50/h2-20,22-29,45-47,50H,1,21,30-34H2,(H,55,63)(H,56,65)(H,57,64)(H,58,66)(H,59,60)(H,61,62). The van der Waals surface area contributed by atoms with E-state index >= 15 is 0 Å². The second kappa shape index (κ2) is 22.5. The molecule has 13 heteroatoms. The Morgan fingerprint density at radius 3 is 1.73 bits per heavy atom. The molecule has 6 aromatic rings. The zero-order chi connectivity index (χ0) is 47.1. The summed E-state index contributed by atoms with van der Waals surface area (Å²) < 4.78 is 5.81. The predicted octanol–water partition coefficient (Wildman–Crippen LogP) is 5.68. The highest BCUT2D eigenvalue weighted by atomic mass is 16.5. The van der Waals surface area contributed by atoms with Crippen molar-refractivity contribution >= 4 is 41.1 Å². The third kappa shape index (κ3) is 13.1. The Balaban J connectivity index is 1.24. The van der Waals surface area contributed by atoms with Gasteiger partial charge in [0.25, 0.3) is 5.91 Å². The van der Waals surface area contributed by atoms with Crippen LogP contribution in [0.25, 0.3) is 27.8 Å². The summed E-state index contributed by atoms with van der Waals surface area (Å²) in [4.78, 5) is 82.4. The molecule has 0 saturated heterocycles. The number of carboxylic acids is 1. The first-order valence-corrected chi connectivity index (χ1v) is 21.9. The summed E-state index contributed by atoms with van der Waals surface area (Å²) in [5.41, 5.74) is 6.81. The van der Waals surface area contributed by atoms with Gasteiger partial charge >= 0.3 is 5.97 Å². The molecule has 0 radical (unpaired) electrons. The first kappa shape index (κ1) is 46.7. The number of carboxylic acid groups (broad SMARTS) is 1. The second-order valence-corrected chi connectivity index (χ2v) is 16.2. The van der Waals surface area contributed by atoms with E-state index in [1.165, 1.54) is 0 Å². The van der Waals surface area contributed by atoms with Gasteiger partial charge in [-0.15, -0.1) is 0 Å². The van der Waals surface area contributed by atoms with Crippen LogP contribution in [0.4, 0.5) is 0 Å². The number of nitrogens with one attached hydrogen (secondary N) is 5. The number of ether oxygens (including phenoxy) is 1. The first-order valence-electron chi connectivity index (χ1n) is 21.9. The number of hydrogen-bond acceptors (Lipinski definition) is 7. The van der Waals surface area contributed by atoms with Gasteiger partial charge in [-0.05, 0) is 75.1 Å². The Labute approximate surface area is 388 Å². The largest absolute Gasteiger partial charge is 0.484 e. The molecule has 0 fully saturated rings. The highest BCUT2D eigenvalue weighted by molar-refractivity contribution is 6.01. The zero-order valence-electron chi connectivity index (χ0n) is 36.7. The van der Waals surface area contributed by atoms with Crippen LogP contribution in [0.5, 0.6) is 5.75 Å². The highest BCUT2D eigenvalue weighted by Gasteiger charge is 2.33. The fraction of sp³-hybridized carbons (Fsp3) is 0.185. The lowest BCUT2D eigenvalue weighted by atomic mass is 9.95. The van der Waals surface area contributed by atoms with Crippen molar-refractivity contribution in [2.75, 3.05) is 13.2 Å². The summed E-state index contributed by atoms with van der Waals surface area (Å²) in [6, 6.07) is 45.1. The normalized spacial score (nSPS) is 18.0. The maximum atomic E-state index is 14.7. The maximum absolute atomic E-state index is 14.7. The summed E-state index contributed by atoms with van der Waals surface area (Å²) >= 11 is 0. The molecule has 5 amide bonds. The number of carbonyl (C=O) groups is 6. The molecule has 6 aromatic carbocycles. The molecule has 4 atom stereocenters. The van der Waals surface area contributed by atoms with Crippen molar-refractivity contribution in [2.45, 2.75) is 49.9 Å². The molecule has 8 rings (SSSR count). The summed E-state index contributed by atoms with van der Waals surface area (Å²) in [5, 5.41) is 22.9. The minimum absolute atomic E-state index is 0.0180. The molecule has 2 aliphatic heterocycles. The smallest absolute Gasteiger partial charge is 0.322 e. The minimum Gasteiger partial charge on any atom is -0.484 e. The Morgan fingerprint density at radius 1 is 0.597 bits per heavy atom. The number of amides is 5. The third-order valence-electron chi connectivity index (χ3n) is 11.4. The first-order chi connectivity index (χ1) is 32.5. The lowest BCUT2D eigenvalue weighted by molar-refractivity contribution is -0.138. The van der Waals surface area contributed by atoms with Crippen molar-refractivity contribution in [2.24, 2.45) is 0 Å². The van der Waals surface area contributed by atoms with Gasteiger partial charge in [0.1, 0.15) is 36.5 Å². The number of aryl methyl sites for hydroxylation is 1. The highest BCUT2D eigenvalue weighted by Crippen LogP contribution is 2.25. The number of fused-ring (bicyclic) bond motifs is 16. The van der Waals surface area contributed by atoms with Crippen LogP contribution in [0.1, 0.15) is 28.7 Å². The molecule has 0 saturated carbocycles. The SMILES string of the molecule is C=C(c1ccc(-c2ccccc2)cc1)C1NC(=O)COc2ccc(cc2)CC(C(=O)NCC(=O)O)NC(=O)C(CCc2ccccc2)NC(=O)C(Cc2ccc(-c3ccccc3)cc2)NC1=O. The molecular formula is C54H51N5O8. The average molecular weight is 898 g/mol. The van der Waals surface area contributed by atoms with Gasteiger partial charge in [-0.1, -0.05) is 158 Å². The molecular weight excluding hydrogens is 847 g/mol. The van der Waals surface area contributed by atoms with E-state index in [4.69, 9.17) is 4.74 Å². The average Bonchev–Trinajstić information content (AvgIpc) is 3.36. The third-order valence-corrected chi connectivity index (χ3v) is 11.4. The molecule has 0 spiro atoms. The lowest BCUT2D eigenvalue weighted by Gasteiger charge is -2.27. The molecule has 4 unspecified atom stereocenters. The Morgan fingerprint density at radius 2 is 1.13 bits per heavy atom. The van der Waals surface area contributed by atoms with E-state index in [9.17, 15) is 33.9 Å². The van der Waals surface area contributed by atoms with Crippen LogP contribution < -0.4 is 31.3 Å². The van der Waals surface area contributed by atoms with E-state index in [1.807, 2.05) is 127 Å². The molecule has 2 heterocycles. The van der Waals surface area contributed by atoms with Gasteiger partial charge in [-0.2, -0.15) is 0 Å². The Hall–Kier alpha value is -8.32. The summed E-state index contributed by atoms with van der Waals surface area (Å²) in [7, 11) is 0. The van der Waals surface area contributed by atoms with Gasteiger partial charge in [0.15, 0.2) is 6.61 Å². The molecule has 0 aliphatic carbocycles. The van der Waals surface area contributed by atoms with Crippen molar-refractivity contribution in [1.82, 2.24) is 26.6 Å². The maximum Gasteiger partial charge on any atom is 0.322 e. The zero-order valence-corrected chi connectivity index (χ0v) is 36.7. The minimum atomic E-state index is -1.37. The van der Waals surface area contributed by atoms with Crippen LogP contribution in [0.3, 0.4) is 0 Å². The van der Waals surface area contributed by atoms with Crippen molar-refractivity contribution in [3.8, 4) is 28.0 Å². The molecule has 67 heavy (non-hydrogen) atoms. The molecule has 6 N–H and O–H groups in total. The van der Waals surface area contributed by atoms with E-state index in [0.717, 1.165) is 27.8 Å². The van der Waals surface area contributed by atoms with Crippen LogP contribution in [0, 0.1) is 0 Å². The lowest BCUT2D eigenvalue weighted by Crippen LogP contribution is -2.59. The van der Waals surface area contributed by atoms with Gasteiger partial charge in [-0.25, -0.2) is 0 Å². The van der Waals surface area contributed by atoms with Gasteiger partial charge in [0, 0.05) is 12.8 Å². The fourth-order valence-electron chi connectivity index (χ4n) is 7.72. The van der Waals surface area contributed by atoms with Crippen molar-refractivity contribution in [1.29, 1.82) is 0 Å². The topological polar surface area (TPSA) is 192 Å².